The van der Waals surface area contributed by atoms with E-state index in [1.807, 2.05) is 18.2 Å². The highest BCUT2D eigenvalue weighted by molar-refractivity contribution is 5.74. The summed E-state index contributed by atoms with van der Waals surface area (Å²) in [4.78, 5) is 11.9. The van der Waals surface area contributed by atoms with Gasteiger partial charge in [-0.15, -0.1) is 0 Å². The van der Waals surface area contributed by atoms with Gasteiger partial charge in [0.05, 0.1) is 25.7 Å². The summed E-state index contributed by atoms with van der Waals surface area (Å²) in [6.07, 6.45) is 4.43. The van der Waals surface area contributed by atoms with Gasteiger partial charge in [0.2, 0.25) is 0 Å². The normalized spacial score (nSPS) is 34.4. The monoisotopic (exact) mass is 272 g/mol. The first kappa shape index (κ1) is 13.4. The number of benzene rings is 1. The SMILES string of the molecule is COC(=O)[C@H]1C2C=CC(C2OCc2ccccc2)[C@@H]1C. The van der Waals surface area contributed by atoms with Gasteiger partial charge in [-0.05, 0) is 11.5 Å². The Labute approximate surface area is 119 Å². The molecular formula is C17H20O3. The van der Waals surface area contributed by atoms with E-state index in [9.17, 15) is 4.79 Å². The van der Waals surface area contributed by atoms with Crippen molar-refractivity contribution in [2.45, 2.75) is 19.6 Å². The summed E-state index contributed by atoms with van der Waals surface area (Å²) >= 11 is 0. The number of esters is 1. The molecule has 2 bridgehead atoms. The van der Waals surface area contributed by atoms with Gasteiger partial charge in [-0.3, -0.25) is 4.79 Å². The lowest BCUT2D eigenvalue weighted by atomic mass is 9.84. The first-order chi connectivity index (χ1) is 9.72. The van der Waals surface area contributed by atoms with Crippen LogP contribution in [0.5, 0.6) is 0 Å². The van der Waals surface area contributed by atoms with Gasteiger partial charge < -0.3 is 9.47 Å². The van der Waals surface area contributed by atoms with Gasteiger partial charge in [0, 0.05) is 11.8 Å². The predicted octanol–water partition coefficient (Wildman–Crippen LogP) is 2.81. The third-order valence-electron chi connectivity index (χ3n) is 4.66. The number of carbonyl (C=O) groups excluding carboxylic acids is 1. The summed E-state index contributed by atoms with van der Waals surface area (Å²) < 4.78 is 11.0. The van der Waals surface area contributed by atoms with Crippen LogP contribution in [-0.2, 0) is 20.9 Å². The molecule has 1 saturated carbocycles. The van der Waals surface area contributed by atoms with Crippen LogP contribution >= 0.6 is 0 Å². The van der Waals surface area contributed by atoms with Crippen molar-refractivity contribution >= 4 is 5.97 Å². The fourth-order valence-electron chi connectivity index (χ4n) is 3.62. The van der Waals surface area contributed by atoms with Gasteiger partial charge in [0.1, 0.15) is 0 Å². The van der Waals surface area contributed by atoms with Crippen LogP contribution in [0.1, 0.15) is 12.5 Å². The third-order valence-corrected chi connectivity index (χ3v) is 4.66. The lowest BCUT2D eigenvalue weighted by molar-refractivity contribution is -0.148. The van der Waals surface area contributed by atoms with Gasteiger partial charge in [-0.25, -0.2) is 0 Å². The number of methoxy groups -OCH3 is 1. The van der Waals surface area contributed by atoms with Gasteiger partial charge in [-0.2, -0.15) is 0 Å². The topological polar surface area (TPSA) is 35.5 Å². The minimum Gasteiger partial charge on any atom is -0.469 e. The second-order valence-electron chi connectivity index (χ2n) is 5.71. The number of hydrogen-bond acceptors (Lipinski definition) is 3. The molecule has 0 spiro atoms. The molecule has 3 unspecified atom stereocenters. The first-order valence-corrected chi connectivity index (χ1v) is 7.14. The molecule has 0 saturated heterocycles. The van der Waals surface area contributed by atoms with E-state index in [1.54, 1.807) is 0 Å². The maximum Gasteiger partial charge on any atom is 0.309 e. The quantitative estimate of drug-likeness (QED) is 0.624. The van der Waals surface area contributed by atoms with Crippen LogP contribution in [0.2, 0.25) is 0 Å². The molecule has 5 atom stereocenters. The standard InChI is InChI=1S/C17H20O3/c1-11-13-8-9-14(15(11)17(18)19-2)16(13)20-10-12-6-4-3-5-7-12/h3-9,11,13-16H,10H2,1-2H3/t11-,13?,14?,15+,16?/m0/s1. The molecule has 1 fully saturated rings. The highest BCUT2D eigenvalue weighted by atomic mass is 16.5. The fraction of sp³-hybridized carbons (Fsp3) is 0.471. The molecular weight excluding hydrogens is 252 g/mol. The summed E-state index contributed by atoms with van der Waals surface area (Å²) in [6.45, 7) is 2.72. The Bertz CT molecular complexity index is 508. The Balaban J connectivity index is 1.69. The Morgan fingerprint density at radius 3 is 2.55 bits per heavy atom. The van der Waals surface area contributed by atoms with Crippen molar-refractivity contribution in [2.24, 2.45) is 23.7 Å². The Morgan fingerprint density at radius 1 is 1.15 bits per heavy atom. The number of carbonyl (C=O) groups is 1. The molecule has 0 amide bonds. The molecule has 1 aromatic rings. The van der Waals surface area contributed by atoms with Crippen LogP contribution in [0.25, 0.3) is 0 Å². The highest BCUT2D eigenvalue weighted by Crippen LogP contribution is 2.50. The van der Waals surface area contributed by atoms with E-state index >= 15 is 0 Å². The molecule has 3 heteroatoms. The number of hydrogen-bond donors (Lipinski definition) is 0. The summed E-state index contributed by atoms with van der Waals surface area (Å²) in [5.74, 6) is 0.607. The van der Waals surface area contributed by atoms with E-state index in [-0.39, 0.29) is 23.9 Å². The van der Waals surface area contributed by atoms with Crippen molar-refractivity contribution in [1.82, 2.24) is 0 Å². The zero-order valence-corrected chi connectivity index (χ0v) is 11.9. The van der Waals surface area contributed by atoms with Crippen LogP contribution in [0, 0.1) is 23.7 Å². The average Bonchev–Trinajstić information content (AvgIpc) is 3.00. The summed E-state index contributed by atoms with van der Waals surface area (Å²) in [5, 5.41) is 0. The van der Waals surface area contributed by atoms with E-state index in [0.717, 1.165) is 0 Å². The van der Waals surface area contributed by atoms with E-state index < -0.39 is 0 Å². The minimum atomic E-state index is -0.109. The van der Waals surface area contributed by atoms with Gasteiger partial charge in [0.25, 0.3) is 0 Å². The predicted molar refractivity (Wildman–Crippen MR) is 75.8 cm³/mol. The third kappa shape index (κ3) is 2.16. The molecule has 20 heavy (non-hydrogen) atoms. The Morgan fingerprint density at radius 2 is 1.85 bits per heavy atom. The minimum absolute atomic E-state index is 0.0595. The van der Waals surface area contributed by atoms with Crippen LogP contribution < -0.4 is 0 Å². The van der Waals surface area contributed by atoms with Gasteiger partial charge >= 0.3 is 5.97 Å². The number of rotatable bonds is 4. The van der Waals surface area contributed by atoms with Crippen LogP contribution in [0.4, 0.5) is 0 Å². The molecule has 0 aliphatic heterocycles. The molecule has 2 aliphatic carbocycles. The largest absolute Gasteiger partial charge is 0.469 e. The smallest absolute Gasteiger partial charge is 0.309 e. The molecule has 3 nitrogen and oxygen atoms in total. The van der Waals surface area contributed by atoms with E-state index in [1.165, 1.54) is 12.7 Å². The molecule has 0 radical (unpaired) electrons. The molecule has 3 rings (SSSR count). The zero-order valence-electron chi connectivity index (χ0n) is 11.9. The van der Waals surface area contributed by atoms with Crippen LogP contribution in [0.3, 0.4) is 0 Å². The molecule has 106 valence electrons. The van der Waals surface area contributed by atoms with E-state index in [4.69, 9.17) is 9.47 Å². The van der Waals surface area contributed by atoms with Crippen LogP contribution in [0.15, 0.2) is 42.5 Å². The maximum absolute atomic E-state index is 11.9. The van der Waals surface area contributed by atoms with Crippen molar-refractivity contribution in [2.75, 3.05) is 7.11 Å². The van der Waals surface area contributed by atoms with E-state index in [2.05, 4.69) is 31.2 Å². The Hall–Kier alpha value is -1.61. The fourth-order valence-corrected chi connectivity index (χ4v) is 3.62. The van der Waals surface area contributed by atoms with Crippen molar-refractivity contribution in [1.29, 1.82) is 0 Å². The molecule has 2 aliphatic rings. The Kier molecular flexibility index (Phi) is 3.62. The van der Waals surface area contributed by atoms with Crippen molar-refractivity contribution in [3.05, 3.63) is 48.0 Å². The second-order valence-corrected chi connectivity index (χ2v) is 5.71. The van der Waals surface area contributed by atoms with Crippen molar-refractivity contribution < 1.29 is 14.3 Å². The maximum atomic E-state index is 11.9. The number of fused-ring (bicyclic) bond motifs is 2. The summed E-state index contributed by atoms with van der Waals surface area (Å²) in [5.41, 5.74) is 1.17. The van der Waals surface area contributed by atoms with Crippen LogP contribution in [-0.4, -0.2) is 19.2 Å². The molecule has 0 aromatic heterocycles. The van der Waals surface area contributed by atoms with Gasteiger partial charge in [-0.1, -0.05) is 49.4 Å². The summed E-state index contributed by atoms with van der Waals surface area (Å²) in [6, 6.07) is 10.1. The second kappa shape index (κ2) is 5.41. The first-order valence-electron chi connectivity index (χ1n) is 7.14. The van der Waals surface area contributed by atoms with E-state index in [0.29, 0.717) is 18.4 Å². The van der Waals surface area contributed by atoms with Crippen molar-refractivity contribution in [3.63, 3.8) is 0 Å². The number of ether oxygens (including phenoxy) is 2. The lowest BCUT2D eigenvalue weighted by Gasteiger charge is -2.21. The molecule has 1 aromatic carbocycles. The molecule has 0 heterocycles. The van der Waals surface area contributed by atoms with Gasteiger partial charge in [0.15, 0.2) is 0 Å². The van der Waals surface area contributed by atoms with Crippen molar-refractivity contribution in [3.8, 4) is 0 Å². The summed E-state index contributed by atoms with van der Waals surface area (Å²) in [7, 11) is 1.46. The lowest BCUT2D eigenvalue weighted by Crippen LogP contribution is -2.27. The average molecular weight is 272 g/mol. The highest BCUT2D eigenvalue weighted by Gasteiger charge is 2.53. The zero-order chi connectivity index (χ0) is 14.1. The molecule has 0 N–H and O–H groups in total.